The van der Waals surface area contributed by atoms with Crippen LogP contribution in [-0.2, 0) is 10.0 Å². The van der Waals surface area contributed by atoms with Gasteiger partial charge in [-0.05, 0) is 38.1 Å². The first kappa shape index (κ1) is 21.1. The number of hydrogen-bond acceptors (Lipinski definition) is 5. The van der Waals surface area contributed by atoms with Crippen molar-refractivity contribution in [1.82, 2.24) is 14.9 Å². The van der Waals surface area contributed by atoms with Gasteiger partial charge in [0.1, 0.15) is 4.90 Å². The summed E-state index contributed by atoms with van der Waals surface area (Å²) in [7, 11) is -1.62. The summed E-state index contributed by atoms with van der Waals surface area (Å²) in [6.07, 6.45) is 5.47. The molecule has 1 saturated heterocycles. The molecule has 0 spiro atoms. The molecule has 0 atom stereocenters. The van der Waals surface area contributed by atoms with Crippen molar-refractivity contribution in [2.75, 3.05) is 44.7 Å². The number of piperazine rings is 1. The summed E-state index contributed by atoms with van der Waals surface area (Å²) in [5, 5.41) is 3.08. The van der Waals surface area contributed by atoms with Crippen LogP contribution >= 0.6 is 0 Å². The minimum Gasteiger partial charge on any atom is -0.368 e. The smallest absolute Gasteiger partial charge is 0.251 e. The number of sulfonamides is 1. The van der Waals surface area contributed by atoms with Gasteiger partial charge < -0.3 is 15.1 Å². The molecular weight excluding hydrogens is 376 g/mol. The topological polar surface area (TPSA) is 81.7 Å². The molecule has 2 N–H and O–H groups in total. The zero-order valence-electron chi connectivity index (χ0n) is 16.9. The summed E-state index contributed by atoms with van der Waals surface area (Å²) < 4.78 is 28.3. The van der Waals surface area contributed by atoms with E-state index in [2.05, 4.69) is 26.9 Å². The van der Waals surface area contributed by atoms with Crippen molar-refractivity contribution in [3.05, 3.63) is 23.8 Å². The van der Waals surface area contributed by atoms with Gasteiger partial charge in [-0.2, -0.15) is 0 Å². The SMILES string of the molecule is CCNS(=O)(=O)c1cc(C(=O)NC2CCCCC2)ccc1N1CCN(C)CC1. The molecule has 8 heteroatoms. The summed E-state index contributed by atoms with van der Waals surface area (Å²) in [6.45, 7) is 5.35. The fourth-order valence-corrected chi connectivity index (χ4v) is 5.25. The molecule has 0 bridgehead atoms. The maximum Gasteiger partial charge on any atom is 0.251 e. The Balaban J connectivity index is 1.87. The van der Waals surface area contributed by atoms with E-state index < -0.39 is 10.0 Å². The van der Waals surface area contributed by atoms with Crippen LogP contribution in [0, 0.1) is 0 Å². The van der Waals surface area contributed by atoms with E-state index in [4.69, 9.17) is 0 Å². The first-order valence-corrected chi connectivity index (χ1v) is 11.8. The first-order chi connectivity index (χ1) is 13.4. The van der Waals surface area contributed by atoms with Gasteiger partial charge in [-0.15, -0.1) is 0 Å². The maximum atomic E-state index is 12.8. The number of rotatable bonds is 6. The molecule has 7 nitrogen and oxygen atoms in total. The van der Waals surface area contributed by atoms with E-state index in [1.54, 1.807) is 19.1 Å². The summed E-state index contributed by atoms with van der Waals surface area (Å²) in [5.74, 6) is -0.190. The molecule has 156 valence electrons. The summed E-state index contributed by atoms with van der Waals surface area (Å²) in [6, 6.07) is 5.25. The van der Waals surface area contributed by atoms with Crippen LogP contribution < -0.4 is 14.9 Å². The molecule has 2 aliphatic rings. The summed E-state index contributed by atoms with van der Waals surface area (Å²) >= 11 is 0. The Morgan fingerprint density at radius 2 is 1.79 bits per heavy atom. The minimum atomic E-state index is -3.68. The quantitative estimate of drug-likeness (QED) is 0.750. The normalized spacial score (nSPS) is 19.6. The van der Waals surface area contributed by atoms with Gasteiger partial charge in [-0.25, -0.2) is 13.1 Å². The van der Waals surface area contributed by atoms with Crippen molar-refractivity contribution in [3.8, 4) is 0 Å². The Morgan fingerprint density at radius 3 is 2.43 bits per heavy atom. The molecule has 0 unspecified atom stereocenters. The Kier molecular flexibility index (Phi) is 6.95. The third kappa shape index (κ3) is 5.04. The maximum absolute atomic E-state index is 12.8. The van der Waals surface area contributed by atoms with Crippen molar-refractivity contribution in [2.45, 2.75) is 50.0 Å². The van der Waals surface area contributed by atoms with E-state index in [1.807, 2.05) is 0 Å². The first-order valence-electron chi connectivity index (χ1n) is 10.3. The monoisotopic (exact) mass is 408 g/mol. The van der Waals surface area contributed by atoms with Crippen LogP contribution in [0.4, 0.5) is 5.69 Å². The molecule has 1 aromatic rings. The van der Waals surface area contributed by atoms with Crippen LogP contribution in [0.15, 0.2) is 23.1 Å². The highest BCUT2D eigenvalue weighted by Gasteiger charge is 2.26. The Hall–Kier alpha value is -1.64. The lowest BCUT2D eigenvalue weighted by Gasteiger charge is -2.35. The van der Waals surface area contributed by atoms with E-state index in [0.29, 0.717) is 17.8 Å². The predicted octanol–water partition coefficient (Wildman–Crippen LogP) is 1.80. The van der Waals surface area contributed by atoms with Crippen LogP contribution in [0.1, 0.15) is 49.4 Å². The fraction of sp³-hybridized carbons (Fsp3) is 0.650. The van der Waals surface area contributed by atoms with Crippen LogP contribution in [0.5, 0.6) is 0 Å². The van der Waals surface area contributed by atoms with Crippen molar-refractivity contribution >= 4 is 21.6 Å². The van der Waals surface area contributed by atoms with E-state index in [0.717, 1.165) is 51.9 Å². The molecule has 2 fully saturated rings. The van der Waals surface area contributed by atoms with Gasteiger partial charge >= 0.3 is 0 Å². The molecule has 1 aliphatic heterocycles. The average Bonchev–Trinajstić information content (AvgIpc) is 2.69. The molecule has 0 radical (unpaired) electrons. The minimum absolute atomic E-state index is 0.187. The van der Waals surface area contributed by atoms with Gasteiger partial charge in [0.05, 0.1) is 5.69 Å². The van der Waals surface area contributed by atoms with Crippen LogP contribution in [0.2, 0.25) is 0 Å². The van der Waals surface area contributed by atoms with E-state index >= 15 is 0 Å². The molecule has 1 amide bonds. The average molecular weight is 409 g/mol. The highest BCUT2D eigenvalue weighted by atomic mass is 32.2. The van der Waals surface area contributed by atoms with Crippen LogP contribution in [-0.4, -0.2) is 65.0 Å². The Bertz CT molecular complexity index is 783. The largest absolute Gasteiger partial charge is 0.368 e. The molecular formula is C20H32N4O3S. The van der Waals surface area contributed by atoms with Crippen molar-refractivity contribution in [3.63, 3.8) is 0 Å². The number of nitrogens with zero attached hydrogens (tertiary/aromatic N) is 2. The zero-order chi connectivity index (χ0) is 20.1. The van der Waals surface area contributed by atoms with E-state index in [9.17, 15) is 13.2 Å². The third-order valence-electron chi connectivity index (χ3n) is 5.63. The second kappa shape index (κ2) is 9.24. The van der Waals surface area contributed by atoms with Gasteiger partial charge in [0.25, 0.3) is 5.91 Å². The van der Waals surface area contributed by atoms with Crippen molar-refractivity contribution in [1.29, 1.82) is 0 Å². The van der Waals surface area contributed by atoms with Crippen LogP contribution in [0.25, 0.3) is 0 Å². The molecule has 0 aromatic heterocycles. The van der Waals surface area contributed by atoms with Gasteiger partial charge in [0.2, 0.25) is 10.0 Å². The second-order valence-corrected chi connectivity index (χ2v) is 9.52. The second-order valence-electron chi connectivity index (χ2n) is 7.78. The number of carbonyl (C=O) groups excluding carboxylic acids is 1. The van der Waals surface area contributed by atoms with Gasteiger partial charge in [0.15, 0.2) is 0 Å². The Labute approximate surface area is 168 Å². The number of amides is 1. The highest BCUT2D eigenvalue weighted by Crippen LogP contribution is 2.28. The number of carbonyl (C=O) groups is 1. The summed E-state index contributed by atoms with van der Waals surface area (Å²) in [5.41, 5.74) is 1.07. The Morgan fingerprint density at radius 1 is 1.11 bits per heavy atom. The molecule has 1 aromatic carbocycles. The van der Waals surface area contributed by atoms with Crippen LogP contribution in [0.3, 0.4) is 0 Å². The molecule has 28 heavy (non-hydrogen) atoms. The fourth-order valence-electron chi connectivity index (χ4n) is 3.96. The molecule has 1 heterocycles. The lowest BCUT2D eigenvalue weighted by atomic mass is 9.95. The lowest BCUT2D eigenvalue weighted by Crippen LogP contribution is -2.45. The third-order valence-corrected chi connectivity index (χ3v) is 7.20. The molecule has 1 saturated carbocycles. The number of benzene rings is 1. The number of hydrogen-bond donors (Lipinski definition) is 2. The molecule has 1 aliphatic carbocycles. The standard InChI is InChI=1S/C20H32N4O3S/c1-3-21-28(26,27)19-15-16(20(25)22-17-7-5-4-6-8-17)9-10-18(19)24-13-11-23(2)12-14-24/h9-10,15,17,21H,3-8,11-14H2,1-2H3,(H,22,25). The van der Waals surface area contributed by atoms with Gasteiger partial charge in [0, 0.05) is 44.3 Å². The van der Waals surface area contributed by atoms with Gasteiger partial charge in [-0.3, -0.25) is 4.79 Å². The number of nitrogens with one attached hydrogen (secondary N) is 2. The number of anilines is 1. The van der Waals surface area contributed by atoms with E-state index in [1.165, 1.54) is 12.5 Å². The molecule has 3 rings (SSSR count). The number of likely N-dealkylation sites (N-methyl/N-ethyl adjacent to an activating group) is 1. The predicted molar refractivity (Wildman–Crippen MR) is 111 cm³/mol. The van der Waals surface area contributed by atoms with Gasteiger partial charge in [-0.1, -0.05) is 26.2 Å². The highest BCUT2D eigenvalue weighted by molar-refractivity contribution is 7.89. The zero-order valence-corrected chi connectivity index (χ0v) is 17.7. The van der Waals surface area contributed by atoms with E-state index in [-0.39, 0.29) is 16.8 Å². The lowest BCUT2D eigenvalue weighted by molar-refractivity contribution is 0.0927. The summed E-state index contributed by atoms with van der Waals surface area (Å²) in [4.78, 5) is 17.2. The van der Waals surface area contributed by atoms with Crippen molar-refractivity contribution in [2.24, 2.45) is 0 Å². The van der Waals surface area contributed by atoms with Crippen molar-refractivity contribution < 1.29 is 13.2 Å².